The Hall–Kier alpha value is -0.900. The standard InChI is InChI=1S/C20H31NO2/c1-19(2)17(9-10-21-11-13-23-14-12-21)15-18(19)20(3,22)16-7-5-4-6-8-16/h4-8,17-18,22H,9-15H2,1-3H3. The van der Waals surface area contributed by atoms with E-state index in [-0.39, 0.29) is 5.41 Å². The second-order valence-corrected chi connectivity index (χ2v) is 8.06. The highest BCUT2D eigenvalue weighted by Gasteiger charge is 2.55. The van der Waals surface area contributed by atoms with Gasteiger partial charge in [-0.05, 0) is 49.1 Å². The van der Waals surface area contributed by atoms with Crippen LogP contribution in [0.25, 0.3) is 0 Å². The molecule has 0 aromatic heterocycles. The van der Waals surface area contributed by atoms with Crippen molar-refractivity contribution in [3.63, 3.8) is 0 Å². The van der Waals surface area contributed by atoms with Crippen molar-refractivity contribution in [2.75, 3.05) is 32.8 Å². The van der Waals surface area contributed by atoms with Crippen LogP contribution in [-0.4, -0.2) is 42.9 Å². The molecule has 3 nitrogen and oxygen atoms in total. The van der Waals surface area contributed by atoms with Crippen LogP contribution in [0, 0.1) is 17.3 Å². The van der Waals surface area contributed by atoms with E-state index >= 15 is 0 Å². The summed E-state index contributed by atoms with van der Waals surface area (Å²) >= 11 is 0. The number of benzene rings is 1. The number of morpholine rings is 1. The third kappa shape index (κ3) is 3.33. The van der Waals surface area contributed by atoms with Crippen molar-refractivity contribution in [2.45, 2.75) is 39.2 Å². The van der Waals surface area contributed by atoms with Gasteiger partial charge >= 0.3 is 0 Å². The van der Waals surface area contributed by atoms with Crippen molar-refractivity contribution in [1.82, 2.24) is 4.90 Å². The van der Waals surface area contributed by atoms with E-state index in [0.717, 1.165) is 44.8 Å². The van der Waals surface area contributed by atoms with Gasteiger partial charge in [0.25, 0.3) is 0 Å². The van der Waals surface area contributed by atoms with Gasteiger partial charge in [0.2, 0.25) is 0 Å². The lowest BCUT2D eigenvalue weighted by atomic mass is 9.48. The molecule has 1 heterocycles. The van der Waals surface area contributed by atoms with Crippen molar-refractivity contribution >= 4 is 0 Å². The molecule has 0 bridgehead atoms. The summed E-state index contributed by atoms with van der Waals surface area (Å²) in [4.78, 5) is 2.52. The average molecular weight is 317 g/mol. The third-order valence-electron chi connectivity index (χ3n) is 6.40. The van der Waals surface area contributed by atoms with Gasteiger partial charge in [-0.25, -0.2) is 0 Å². The van der Waals surface area contributed by atoms with E-state index in [2.05, 4.69) is 30.9 Å². The summed E-state index contributed by atoms with van der Waals surface area (Å²) in [6, 6.07) is 10.2. The largest absolute Gasteiger partial charge is 0.385 e. The average Bonchev–Trinajstić information content (AvgIpc) is 2.55. The van der Waals surface area contributed by atoms with E-state index < -0.39 is 5.60 Å². The first-order valence-electron chi connectivity index (χ1n) is 9.00. The summed E-state index contributed by atoms with van der Waals surface area (Å²) in [7, 11) is 0. The molecule has 2 fully saturated rings. The third-order valence-corrected chi connectivity index (χ3v) is 6.40. The maximum atomic E-state index is 11.1. The molecule has 1 saturated carbocycles. The molecule has 1 aliphatic heterocycles. The molecular formula is C20H31NO2. The first kappa shape index (κ1) is 16.9. The summed E-state index contributed by atoms with van der Waals surface area (Å²) in [6.07, 6.45) is 2.35. The van der Waals surface area contributed by atoms with Crippen LogP contribution >= 0.6 is 0 Å². The molecule has 3 unspecified atom stereocenters. The van der Waals surface area contributed by atoms with Crippen LogP contribution in [0.1, 0.15) is 39.2 Å². The number of hydrogen-bond donors (Lipinski definition) is 1. The smallest absolute Gasteiger partial charge is 0.0901 e. The van der Waals surface area contributed by atoms with E-state index in [9.17, 15) is 5.11 Å². The normalized spacial score (nSPS) is 30.4. The molecule has 0 amide bonds. The Morgan fingerprint density at radius 3 is 2.48 bits per heavy atom. The molecule has 1 N–H and O–H groups in total. The zero-order chi connectivity index (χ0) is 16.5. The molecule has 0 radical (unpaired) electrons. The summed E-state index contributed by atoms with van der Waals surface area (Å²) in [6.45, 7) is 11.7. The van der Waals surface area contributed by atoms with Crippen LogP contribution < -0.4 is 0 Å². The Morgan fingerprint density at radius 1 is 1.22 bits per heavy atom. The maximum absolute atomic E-state index is 11.1. The molecule has 3 heteroatoms. The summed E-state index contributed by atoms with van der Waals surface area (Å²) in [5, 5.41) is 11.1. The molecule has 1 aliphatic carbocycles. The van der Waals surface area contributed by atoms with Gasteiger partial charge in [0.05, 0.1) is 18.8 Å². The number of rotatable bonds is 5. The Bertz CT molecular complexity index is 506. The van der Waals surface area contributed by atoms with Gasteiger partial charge in [-0.15, -0.1) is 0 Å². The van der Waals surface area contributed by atoms with Crippen molar-refractivity contribution in [3.8, 4) is 0 Å². The topological polar surface area (TPSA) is 32.7 Å². The predicted molar refractivity (Wildman–Crippen MR) is 93.3 cm³/mol. The predicted octanol–water partition coefficient (Wildman–Crippen LogP) is 3.28. The second-order valence-electron chi connectivity index (χ2n) is 8.06. The van der Waals surface area contributed by atoms with Crippen LogP contribution in [0.4, 0.5) is 0 Å². The van der Waals surface area contributed by atoms with Crippen molar-refractivity contribution in [2.24, 2.45) is 17.3 Å². The fourth-order valence-corrected chi connectivity index (χ4v) is 4.60. The summed E-state index contributed by atoms with van der Waals surface area (Å²) in [5.74, 6) is 1.03. The van der Waals surface area contributed by atoms with Crippen LogP contribution in [0.3, 0.4) is 0 Å². The summed E-state index contributed by atoms with van der Waals surface area (Å²) < 4.78 is 5.42. The molecule has 2 aliphatic rings. The van der Waals surface area contributed by atoms with Crippen LogP contribution in [0.5, 0.6) is 0 Å². The van der Waals surface area contributed by atoms with Gasteiger partial charge < -0.3 is 9.84 Å². The molecule has 1 saturated heterocycles. The molecule has 1 aromatic rings. The van der Waals surface area contributed by atoms with Crippen LogP contribution in [0.2, 0.25) is 0 Å². The highest BCUT2D eigenvalue weighted by Crippen LogP contribution is 2.59. The summed E-state index contributed by atoms with van der Waals surface area (Å²) in [5.41, 5.74) is 0.496. The highest BCUT2D eigenvalue weighted by molar-refractivity contribution is 5.25. The van der Waals surface area contributed by atoms with E-state index in [1.165, 1.54) is 6.42 Å². The SMILES string of the molecule is CC(O)(c1ccccc1)C1CC(CCN2CCOCC2)C1(C)C. The number of hydrogen-bond acceptors (Lipinski definition) is 3. The van der Waals surface area contributed by atoms with E-state index in [0.29, 0.717) is 11.8 Å². The Balaban J connectivity index is 1.59. The highest BCUT2D eigenvalue weighted by atomic mass is 16.5. The van der Waals surface area contributed by atoms with Crippen molar-refractivity contribution < 1.29 is 9.84 Å². The molecule has 3 atom stereocenters. The minimum absolute atomic E-state index is 0.186. The molecule has 23 heavy (non-hydrogen) atoms. The minimum Gasteiger partial charge on any atom is -0.385 e. The first-order valence-corrected chi connectivity index (χ1v) is 9.00. The van der Waals surface area contributed by atoms with Gasteiger partial charge in [0, 0.05) is 13.1 Å². The maximum Gasteiger partial charge on any atom is 0.0901 e. The Morgan fingerprint density at radius 2 is 1.87 bits per heavy atom. The fourth-order valence-electron chi connectivity index (χ4n) is 4.60. The molecule has 0 spiro atoms. The minimum atomic E-state index is -0.736. The number of nitrogens with zero attached hydrogens (tertiary/aromatic N) is 1. The lowest BCUT2D eigenvalue weighted by Gasteiger charge is -2.58. The van der Waals surface area contributed by atoms with E-state index in [1.54, 1.807) is 0 Å². The van der Waals surface area contributed by atoms with Crippen molar-refractivity contribution in [3.05, 3.63) is 35.9 Å². The second kappa shape index (κ2) is 6.54. The molecule has 3 rings (SSSR count). The number of aliphatic hydroxyl groups is 1. The van der Waals surface area contributed by atoms with Gasteiger partial charge in [-0.3, -0.25) is 4.90 Å². The van der Waals surface area contributed by atoms with Gasteiger partial charge in [-0.1, -0.05) is 44.2 Å². The lowest BCUT2D eigenvalue weighted by molar-refractivity contribution is -0.156. The zero-order valence-corrected chi connectivity index (χ0v) is 14.8. The van der Waals surface area contributed by atoms with E-state index in [1.807, 2.05) is 25.1 Å². The zero-order valence-electron chi connectivity index (χ0n) is 14.8. The molecule has 128 valence electrons. The monoisotopic (exact) mass is 317 g/mol. The van der Waals surface area contributed by atoms with Gasteiger partial charge in [-0.2, -0.15) is 0 Å². The fraction of sp³-hybridized carbons (Fsp3) is 0.700. The van der Waals surface area contributed by atoms with Crippen LogP contribution in [-0.2, 0) is 10.3 Å². The Kier molecular flexibility index (Phi) is 4.82. The quantitative estimate of drug-likeness (QED) is 0.904. The molecule has 1 aromatic carbocycles. The number of ether oxygens (including phenoxy) is 1. The molecular weight excluding hydrogens is 286 g/mol. The Labute approximate surface area is 140 Å². The van der Waals surface area contributed by atoms with Gasteiger partial charge in [0.15, 0.2) is 0 Å². The first-order chi connectivity index (χ1) is 10.9. The van der Waals surface area contributed by atoms with E-state index in [4.69, 9.17) is 4.74 Å². The van der Waals surface area contributed by atoms with Crippen molar-refractivity contribution in [1.29, 1.82) is 0 Å². The lowest BCUT2D eigenvalue weighted by Crippen LogP contribution is -2.55. The van der Waals surface area contributed by atoms with Gasteiger partial charge in [0.1, 0.15) is 0 Å². The van der Waals surface area contributed by atoms with Crippen LogP contribution in [0.15, 0.2) is 30.3 Å².